The largest absolute Gasteiger partial charge is 0.466 e. The second-order valence-electron chi connectivity index (χ2n) is 10.8. The third-order valence-electron chi connectivity index (χ3n) is 6.18. The van der Waals surface area contributed by atoms with Crippen LogP contribution in [-0.4, -0.2) is 64.9 Å². The Morgan fingerprint density at radius 1 is 1.03 bits per heavy atom. The van der Waals surface area contributed by atoms with E-state index in [1.807, 2.05) is 52.8 Å². The van der Waals surface area contributed by atoms with Crippen molar-refractivity contribution >= 4 is 36.5 Å². The van der Waals surface area contributed by atoms with Gasteiger partial charge in [0, 0.05) is 17.8 Å². The second-order valence-corrected chi connectivity index (χ2v) is 11.2. The van der Waals surface area contributed by atoms with E-state index in [4.69, 9.17) is 9.47 Å². The number of nitrogens with zero attached hydrogens (tertiary/aromatic N) is 1. The molecule has 1 aromatic rings. The Hall–Kier alpha value is -2.75. The molecule has 1 rings (SSSR count). The average molecular weight is 552 g/mol. The zero-order valence-corrected chi connectivity index (χ0v) is 25.2. The van der Waals surface area contributed by atoms with Crippen molar-refractivity contribution in [3.05, 3.63) is 34.9 Å². The molecule has 3 amide bonds. The van der Waals surface area contributed by atoms with Crippen molar-refractivity contribution < 1.29 is 28.7 Å². The van der Waals surface area contributed by atoms with Gasteiger partial charge in [0.15, 0.2) is 0 Å². The van der Waals surface area contributed by atoms with E-state index in [-0.39, 0.29) is 25.3 Å². The molecular formula is C28H45N3O6S. The average Bonchev–Trinajstić information content (AvgIpc) is 2.80. The summed E-state index contributed by atoms with van der Waals surface area (Å²) in [6.45, 7) is 16.7. The normalized spacial score (nSPS) is 13.2. The highest BCUT2D eigenvalue weighted by Crippen LogP contribution is 2.35. The SMILES string of the molecule is CCOC(=O)CCNC(=O)C(c1c(C)cccc1C)N(C(=O)C(CS)NC(=O)OC(C)(C)C)C(C)(C)CC. The number of ether oxygens (including phenoxy) is 2. The number of hydrogen-bond acceptors (Lipinski definition) is 7. The van der Waals surface area contributed by atoms with Crippen molar-refractivity contribution in [2.45, 2.75) is 98.4 Å². The van der Waals surface area contributed by atoms with Crippen molar-refractivity contribution in [1.29, 1.82) is 0 Å². The summed E-state index contributed by atoms with van der Waals surface area (Å²) in [6, 6.07) is 3.60. The molecular weight excluding hydrogens is 506 g/mol. The van der Waals surface area contributed by atoms with Gasteiger partial charge < -0.3 is 25.0 Å². The van der Waals surface area contributed by atoms with Gasteiger partial charge in [-0.25, -0.2) is 4.79 Å². The number of aryl methyl sites for hydroxylation is 2. The molecule has 0 aliphatic carbocycles. The number of amides is 3. The van der Waals surface area contributed by atoms with E-state index in [2.05, 4.69) is 23.3 Å². The molecule has 10 heteroatoms. The van der Waals surface area contributed by atoms with Crippen LogP contribution in [0, 0.1) is 13.8 Å². The maximum atomic E-state index is 14.1. The first-order valence-corrected chi connectivity index (χ1v) is 13.7. The van der Waals surface area contributed by atoms with Gasteiger partial charge in [0.2, 0.25) is 11.8 Å². The number of alkyl carbamates (subject to hydrolysis) is 1. The Kier molecular flexibility index (Phi) is 12.6. The number of carbonyl (C=O) groups is 4. The molecule has 1 aromatic carbocycles. The van der Waals surface area contributed by atoms with Crippen molar-refractivity contribution in [2.75, 3.05) is 18.9 Å². The molecule has 0 heterocycles. The van der Waals surface area contributed by atoms with E-state index < -0.39 is 47.1 Å². The molecule has 2 N–H and O–H groups in total. The van der Waals surface area contributed by atoms with Gasteiger partial charge in [-0.3, -0.25) is 14.4 Å². The standard InChI is InChI=1S/C28H45N3O6S/c1-10-28(8,9)31(25(34)20(17-38)30-26(35)37-27(5,6)7)23(22-18(3)13-12-14-19(22)4)24(33)29-16-15-21(32)36-11-2/h12-14,20,23,38H,10-11,15-17H2,1-9H3,(H,29,33)(H,30,35). The van der Waals surface area contributed by atoms with Gasteiger partial charge in [-0.05, 0) is 78.5 Å². The maximum Gasteiger partial charge on any atom is 0.408 e. The van der Waals surface area contributed by atoms with Crippen LogP contribution >= 0.6 is 12.6 Å². The number of carbonyl (C=O) groups excluding carboxylic acids is 4. The molecule has 9 nitrogen and oxygen atoms in total. The van der Waals surface area contributed by atoms with Gasteiger partial charge in [0.25, 0.3) is 0 Å². The van der Waals surface area contributed by atoms with Crippen LogP contribution in [0.25, 0.3) is 0 Å². The zero-order valence-electron chi connectivity index (χ0n) is 24.3. The van der Waals surface area contributed by atoms with Crippen LogP contribution in [0.2, 0.25) is 0 Å². The van der Waals surface area contributed by atoms with Crippen LogP contribution in [0.4, 0.5) is 4.79 Å². The fraction of sp³-hybridized carbons (Fsp3) is 0.643. The fourth-order valence-electron chi connectivity index (χ4n) is 4.00. The zero-order chi connectivity index (χ0) is 29.3. The molecule has 0 aliphatic heterocycles. The highest BCUT2D eigenvalue weighted by Gasteiger charge is 2.43. The van der Waals surface area contributed by atoms with Crippen LogP contribution in [0.15, 0.2) is 18.2 Å². The van der Waals surface area contributed by atoms with Gasteiger partial charge in [0.1, 0.15) is 17.7 Å². The highest BCUT2D eigenvalue weighted by atomic mass is 32.1. The van der Waals surface area contributed by atoms with E-state index >= 15 is 0 Å². The summed E-state index contributed by atoms with van der Waals surface area (Å²) >= 11 is 4.34. The van der Waals surface area contributed by atoms with Crippen LogP contribution in [-0.2, 0) is 23.9 Å². The first kappa shape index (κ1) is 33.3. The van der Waals surface area contributed by atoms with Crippen LogP contribution in [0.3, 0.4) is 0 Å². The van der Waals surface area contributed by atoms with Gasteiger partial charge in [-0.2, -0.15) is 12.6 Å². The minimum Gasteiger partial charge on any atom is -0.466 e. The smallest absolute Gasteiger partial charge is 0.408 e. The predicted octanol–water partition coefficient (Wildman–Crippen LogP) is 4.25. The predicted molar refractivity (Wildman–Crippen MR) is 151 cm³/mol. The molecule has 214 valence electrons. The number of thiol groups is 1. The molecule has 2 unspecified atom stereocenters. The van der Waals surface area contributed by atoms with E-state index in [1.165, 1.54) is 4.90 Å². The molecule has 0 radical (unpaired) electrons. The molecule has 0 fully saturated rings. The van der Waals surface area contributed by atoms with Crippen LogP contribution in [0.5, 0.6) is 0 Å². The topological polar surface area (TPSA) is 114 Å². The van der Waals surface area contributed by atoms with Crippen LogP contribution in [0.1, 0.15) is 84.0 Å². The van der Waals surface area contributed by atoms with Crippen molar-refractivity contribution in [1.82, 2.24) is 15.5 Å². The molecule has 0 saturated carbocycles. The molecule has 2 atom stereocenters. The first-order valence-electron chi connectivity index (χ1n) is 13.0. The molecule has 0 spiro atoms. The lowest BCUT2D eigenvalue weighted by atomic mass is 9.88. The van der Waals surface area contributed by atoms with Crippen molar-refractivity contribution in [3.8, 4) is 0 Å². The van der Waals surface area contributed by atoms with E-state index in [0.717, 1.165) is 11.1 Å². The minimum atomic E-state index is -1.04. The summed E-state index contributed by atoms with van der Waals surface area (Å²) < 4.78 is 10.3. The number of benzene rings is 1. The quantitative estimate of drug-likeness (QED) is 0.264. The van der Waals surface area contributed by atoms with Crippen molar-refractivity contribution in [2.24, 2.45) is 0 Å². The van der Waals surface area contributed by atoms with Gasteiger partial charge in [-0.1, -0.05) is 25.1 Å². The third kappa shape index (κ3) is 9.53. The Balaban J connectivity index is 3.56. The summed E-state index contributed by atoms with van der Waals surface area (Å²) in [5, 5.41) is 5.45. The fourth-order valence-corrected chi connectivity index (χ4v) is 4.25. The highest BCUT2D eigenvalue weighted by molar-refractivity contribution is 7.80. The number of hydrogen-bond donors (Lipinski definition) is 3. The lowest BCUT2D eigenvalue weighted by molar-refractivity contribution is -0.149. The molecule has 0 saturated heterocycles. The summed E-state index contributed by atoms with van der Waals surface area (Å²) in [6.07, 6.45) is -0.215. The maximum absolute atomic E-state index is 14.1. The van der Waals surface area contributed by atoms with Gasteiger partial charge in [-0.15, -0.1) is 0 Å². The Morgan fingerprint density at radius 2 is 1.61 bits per heavy atom. The molecule has 0 bridgehead atoms. The summed E-state index contributed by atoms with van der Waals surface area (Å²) in [7, 11) is 0. The lowest BCUT2D eigenvalue weighted by Gasteiger charge is -2.45. The van der Waals surface area contributed by atoms with E-state index in [0.29, 0.717) is 12.0 Å². The molecule has 38 heavy (non-hydrogen) atoms. The summed E-state index contributed by atoms with van der Waals surface area (Å²) in [5.41, 5.74) is 0.818. The Morgan fingerprint density at radius 3 is 2.08 bits per heavy atom. The van der Waals surface area contributed by atoms with Gasteiger partial charge in [0.05, 0.1) is 13.0 Å². The minimum absolute atomic E-state index is 0.00166. The monoisotopic (exact) mass is 551 g/mol. The molecule has 0 aliphatic rings. The Bertz CT molecular complexity index is 969. The summed E-state index contributed by atoms with van der Waals surface area (Å²) in [4.78, 5) is 53.9. The lowest BCUT2D eigenvalue weighted by Crippen LogP contribution is -2.60. The van der Waals surface area contributed by atoms with Gasteiger partial charge >= 0.3 is 12.1 Å². The third-order valence-corrected chi connectivity index (χ3v) is 6.55. The number of rotatable bonds is 12. The number of esters is 1. The molecule has 0 aromatic heterocycles. The number of nitrogens with one attached hydrogen (secondary N) is 2. The van der Waals surface area contributed by atoms with E-state index in [1.54, 1.807) is 27.7 Å². The summed E-state index contributed by atoms with van der Waals surface area (Å²) in [5.74, 6) is -1.32. The van der Waals surface area contributed by atoms with Crippen LogP contribution < -0.4 is 10.6 Å². The van der Waals surface area contributed by atoms with E-state index in [9.17, 15) is 19.2 Å². The Labute approximate surface area is 232 Å². The second kappa shape index (κ2) is 14.4. The van der Waals surface area contributed by atoms with Crippen molar-refractivity contribution in [3.63, 3.8) is 0 Å². The first-order chi connectivity index (χ1) is 17.6.